The van der Waals surface area contributed by atoms with Crippen LogP contribution in [0.1, 0.15) is 48.0 Å². The number of amides is 2. The van der Waals surface area contributed by atoms with E-state index < -0.39 is 0 Å². The van der Waals surface area contributed by atoms with E-state index in [-0.39, 0.29) is 11.8 Å². The molecule has 24 heavy (non-hydrogen) atoms. The summed E-state index contributed by atoms with van der Waals surface area (Å²) in [5.41, 5.74) is 3.00. The quantitative estimate of drug-likeness (QED) is 0.643. The van der Waals surface area contributed by atoms with Crippen molar-refractivity contribution in [2.75, 3.05) is 20.6 Å². The van der Waals surface area contributed by atoms with Crippen molar-refractivity contribution in [2.24, 2.45) is 0 Å². The average Bonchev–Trinajstić information content (AvgIpc) is 2.60. The molecule has 128 valence electrons. The zero-order chi connectivity index (χ0) is 17.4. The maximum absolute atomic E-state index is 11.8. The maximum atomic E-state index is 11.8. The largest absolute Gasteiger partial charge is 0.352 e. The van der Waals surface area contributed by atoms with Crippen LogP contribution in [0.15, 0.2) is 42.0 Å². The first kappa shape index (κ1) is 18.0. The van der Waals surface area contributed by atoms with E-state index in [0.717, 1.165) is 12.0 Å². The highest BCUT2D eigenvalue weighted by Gasteiger charge is 2.06. The lowest BCUT2D eigenvalue weighted by atomic mass is 9.97. The average molecular weight is 326 g/mol. The van der Waals surface area contributed by atoms with Gasteiger partial charge in [0.25, 0.3) is 5.91 Å². The van der Waals surface area contributed by atoms with E-state index >= 15 is 0 Å². The van der Waals surface area contributed by atoms with Crippen LogP contribution in [0.2, 0.25) is 0 Å². The number of allylic oxidation sites excluding steroid dienone is 1. The monoisotopic (exact) mass is 326 g/mol. The van der Waals surface area contributed by atoms with Gasteiger partial charge in [-0.2, -0.15) is 0 Å². The number of benzene rings is 1. The van der Waals surface area contributed by atoms with Gasteiger partial charge < -0.3 is 10.2 Å². The molecule has 0 atom stereocenters. The van der Waals surface area contributed by atoms with Crippen LogP contribution in [0.3, 0.4) is 0 Å². The molecule has 1 N–H and O–H groups in total. The molecule has 2 amide bonds. The Morgan fingerprint density at radius 3 is 2.54 bits per heavy atom. The van der Waals surface area contributed by atoms with Crippen LogP contribution in [0.5, 0.6) is 0 Å². The predicted molar refractivity (Wildman–Crippen MR) is 97.7 cm³/mol. The summed E-state index contributed by atoms with van der Waals surface area (Å²) < 4.78 is 0. The lowest BCUT2D eigenvalue weighted by Gasteiger charge is -2.12. The Labute approximate surface area is 144 Å². The van der Waals surface area contributed by atoms with Gasteiger partial charge in [0.15, 0.2) is 0 Å². The topological polar surface area (TPSA) is 49.4 Å². The number of carbonyl (C=O) groups is 2. The summed E-state index contributed by atoms with van der Waals surface area (Å²) in [6.07, 6.45) is 11.5. The second-order valence-electron chi connectivity index (χ2n) is 6.30. The van der Waals surface area contributed by atoms with Crippen molar-refractivity contribution in [1.82, 2.24) is 10.2 Å². The van der Waals surface area contributed by atoms with Crippen molar-refractivity contribution in [3.63, 3.8) is 0 Å². The minimum Gasteiger partial charge on any atom is -0.352 e. The highest BCUT2D eigenvalue weighted by Crippen LogP contribution is 2.19. The summed E-state index contributed by atoms with van der Waals surface area (Å²) in [5.74, 6) is -0.111. The van der Waals surface area contributed by atoms with Gasteiger partial charge in [0.1, 0.15) is 0 Å². The molecule has 0 aliphatic heterocycles. The summed E-state index contributed by atoms with van der Waals surface area (Å²) in [7, 11) is 3.45. The number of nitrogens with one attached hydrogen (secondary N) is 1. The smallest absolute Gasteiger partial charge is 0.253 e. The molecule has 4 heteroatoms. The molecule has 4 nitrogen and oxygen atoms in total. The van der Waals surface area contributed by atoms with Crippen molar-refractivity contribution in [3.8, 4) is 0 Å². The lowest BCUT2D eigenvalue weighted by molar-refractivity contribution is -0.116. The number of rotatable bonds is 6. The molecule has 0 saturated carbocycles. The highest BCUT2D eigenvalue weighted by atomic mass is 16.2. The molecule has 2 rings (SSSR count). The van der Waals surface area contributed by atoms with Gasteiger partial charge in [0.05, 0.1) is 0 Å². The summed E-state index contributed by atoms with van der Waals surface area (Å²) >= 11 is 0. The summed E-state index contributed by atoms with van der Waals surface area (Å²) in [6.45, 7) is 0.686. The van der Waals surface area contributed by atoms with Gasteiger partial charge in [-0.3, -0.25) is 9.59 Å². The Bertz CT molecular complexity index is 628. The standard InChI is InChI=1S/C20H26N2O2/c1-22(2)20(24)18-11-8-17(9-12-18)10-13-19(23)21-15-14-16-6-4-3-5-7-16/h6,8-13H,3-5,7,14-15H2,1-2H3,(H,21,23)/b13-10+. The van der Waals surface area contributed by atoms with Crippen molar-refractivity contribution in [3.05, 3.63) is 53.1 Å². The van der Waals surface area contributed by atoms with Crippen LogP contribution in [-0.2, 0) is 4.79 Å². The zero-order valence-corrected chi connectivity index (χ0v) is 14.5. The molecule has 1 aromatic carbocycles. The molecule has 1 aromatic rings. The molecule has 0 bridgehead atoms. The second-order valence-corrected chi connectivity index (χ2v) is 6.30. The van der Waals surface area contributed by atoms with Gasteiger partial charge in [-0.25, -0.2) is 0 Å². The molecule has 1 aliphatic rings. The fourth-order valence-corrected chi connectivity index (χ4v) is 2.70. The molecular formula is C20H26N2O2. The minimum atomic E-state index is -0.0835. The van der Waals surface area contributed by atoms with Gasteiger partial charge >= 0.3 is 0 Å². The molecule has 0 saturated heterocycles. The normalized spacial score (nSPS) is 14.3. The second kappa shape index (κ2) is 9.06. The fraction of sp³-hybridized carbons (Fsp3) is 0.400. The van der Waals surface area contributed by atoms with Crippen LogP contribution >= 0.6 is 0 Å². The number of hydrogen-bond acceptors (Lipinski definition) is 2. The Kier molecular flexibility index (Phi) is 6.79. The van der Waals surface area contributed by atoms with Gasteiger partial charge in [0.2, 0.25) is 5.91 Å². The third-order valence-corrected chi connectivity index (χ3v) is 4.12. The van der Waals surface area contributed by atoms with Crippen molar-refractivity contribution >= 4 is 17.9 Å². The molecule has 0 radical (unpaired) electrons. The Morgan fingerprint density at radius 2 is 1.92 bits per heavy atom. The Morgan fingerprint density at radius 1 is 1.17 bits per heavy atom. The van der Waals surface area contributed by atoms with E-state index in [1.807, 2.05) is 12.1 Å². The van der Waals surface area contributed by atoms with Crippen molar-refractivity contribution in [2.45, 2.75) is 32.1 Å². The predicted octanol–water partition coefficient (Wildman–Crippen LogP) is 3.41. The third-order valence-electron chi connectivity index (χ3n) is 4.12. The molecule has 0 unspecified atom stereocenters. The van der Waals surface area contributed by atoms with Gasteiger partial charge in [-0.15, -0.1) is 0 Å². The third kappa shape index (κ3) is 5.69. The van der Waals surface area contributed by atoms with Crippen LogP contribution in [0.25, 0.3) is 6.08 Å². The van der Waals surface area contributed by atoms with Crippen LogP contribution in [0, 0.1) is 0 Å². The summed E-state index contributed by atoms with van der Waals surface area (Å²) in [5, 5.41) is 2.92. The zero-order valence-electron chi connectivity index (χ0n) is 14.5. The molecule has 0 aromatic heterocycles. The molecule has 0 heterocycles. The lowest BCUT2D eigenvalue weighted by Crippen LogP contribution is -2.22. The maximum Gasteiger partial charge on any atom is 0.253 e. The van der Waals surface area contributed by atoms with E-state index in [1.165, 1.54) is 37.3 Å². The highest BCUT2D eigenvalue weighted by molar-refractivity contribution is 5.94. The van der Waals surface area contributed by atoms with E-state index in [2.05, 4.69) is 11.4 Å². The van der Waals surface area contributed by atoms with E-state index in [1.54, 1.807) is 37.2 Å². The van der Waals surface area contributed by atoms with Gasteiger partial charge in [-0.05, 0) is 55.9 Å². The Hall–Kier alpha value is -2.36. The van der Waals surface area contributed by atoms with E-state index in [4.69, 9.17) is 0 Å². The van der Waals surface area contributed by atoms with Crippen molar-refractivity contribution in [1.29, 1.82) is 0 Å². The first-order chi connectivity index (χ1) is 11.6. The first-order valence-corrected chi connectivity index (χ1v) is 8.52. The number of hydrogen-bond donors (Lipinski definition) is 1. The van der Waals surface area contributed by atoms with Gasteiger partial charge in [-0.1, -0.05) is 23.8 Å². The van der Waals surface area contributed by atoms with Crippen LogP contribution in [0.4, 0.5) is 0 Å². The van der Waals surface area contributed by atoms with Crippen molar-refractivity contribution < 1.29 is 9.59 Å². The Balaban J connectivity index is 1.78. The first-order valence-electron chi connectivity index (χ1n) is 8.52. The van der Waals surface area contributed by atoms with Gasteiger partial charge in [0, 0.05) is 32.3 Å². The minimum absolute atomic E-state index is 0.0275. The summed E-state index contributed by atoms with van der Waals surface area (Å²) in [4.78, 5) is 25.2. The van der Waals surface area contributed by atoms with Crippen LogP contribution < -0.4 is 5.32 Å². The summed E-state index contributed by atoms with van der Waals surface area (Å²) in [6, 6.07) is 7.23. The molecule has 0 fully saturated rings. The molecular weight excluding hydrogens is 300 g/mol. The SMILES string of the molecule is CN(C)C(=O)c1ccc(/C=C/C(=O)NCCC2=CCCCC2)cc1. The molecule has 0 spiro atoms. The fourth-order valence-electron chi connectivity index (χ4n) is 2.70. The van der Waals surface area contributed by atoms with E-state index in [9.17, 15) is 9.59 Å². The molecule has 1 aliphatic carbocycles. The van der Waals surface area contributed by atoms with Crippen LogP contribution in [-0.4, -0.2) is 37.4 Å². The number of carbonyl (C=O) groups excluding carboxylic acids is 2. The van der Waals surface area contributed by atoms with E-state index in [0.29, 0.717) is 12.1 Å². The number of nitrogens with zero attached hydrogens (tertiary/aromatic N) is 1.